The van der Waals surface area contributed by atoms with Gasteiger partial charge < -0.3 is 9.64 Å². The van der Waals surface area contributed by atoms with E-state index < -0.39 is 0 Å². The van der Waals surface area contributed by atoms with E-state index in [0.29, 0.717) is 12.5 Å². The number of hydrogen-bond donors (Lipinski definition) is 0. The van der Waals surface area contributed by atoms with Gasteiger partial charge in [0.1, 0.15) is 0 Å². The Hall–Kier alpha value is -0.280. The number of carbonyl (C=O) groups is 1. The van der Waals surface area contributed by atoms with Gasteiger partial charge in [-0.2, -0.15) is 0 Å². The summed E-state index contributed by atoms with van der Waals surface area (Å²) in [4.78, 5) is 13.2. The van der Waals surface area contributed by atoms with Crippen LogP contribution in [0.4, 0.5) is 0 Å². The van der Waals surface area contributed by atoms with Crippen LogP contribution < -0.4 is 0 Å². The average molecular weight is 192 g/mol. The SMILES string of the molecule is CN1CC(C(=O)OCCCCl)C1. The third kappa shape index (κ3) is 2.64. The molecule has 0 aliphatic carbocycles. The smallest absolute Gasteiger partial charge is 0.311 e. The Morgan fingerprint density at radius 2 is 2.33 bits per heavy atom. The maximum atomic E-state index is 11.2. The second kappa shape index (κ2) is 4.67. The van der Waals surface area contributed by atoms with Gasteiger partial charge in [0.15, 0.2) is 0 Å². The van der Waals surface area contributed by atoms with Crippen LogP contribution in [0.3, 0.4) is 0 Å². The Kier molecular flexibility index (Phi) is 3.82. The van der Waals surface area contributed by atoms with E-state index in [1.54, 1.807) is 0 Å². The molecule has 0 unspecified atom stereocenters. The average Bonchev–Trinajstić information content (AvgIpc) is 1.99. The minimum atomic E-state index is -0.0711. The number of hydrogen-bond acceptors (Lipinski definition) is 3. The lowest BCUT2D eigenvalue weighted by molar-refractivity contribution is -0.153. The summed E-state index contributed by atoms with van der Waals surface area (Å²) in [6, 6.07) is 0. The number of carbonyl (C=O) groups excluding carboxylic acids is 1. The first-order valence-electron chi connectivity index (χ1n) is 4.15. The quantitative estimate of drug-likeness (QED) is 0.373. The van der Waals surface area contributed by atoms with Gasteiger partial charge in [-0.15, -0.1) is 11.6 Å². The Morgan fingerprint density at radius 3 is 2.83 bits per heavy atom. The zero-order valence-corrected chi connectivity index (χ0v) is 8.01. The van der Waals surface area contributed by atoms with Crippen LogP contribution in [0, 0.1) is 5.92 Å². The monoisotopic (exact) mass is 191 g/mol. The summed E-state index contributed by atoms with van der Waals surface area (Å²) in [5.41, 5.74) is 0. The van der Waals surface area contributed by atoms with Crippen LogP contribution in [0.1, 0.15) is 6.42 Å². The van der Waals surface area contributed by atoms with E-state index in [0.717, 1.165) is 19.5 Å². The van der Waals surface area contributed by atoms with Gasteiger partial charge in [-0.05, 0) is 13.5 Å². The molecular weight excluding hydrogens is 178 g/mol. The van der Waals surface area contributed by atoms with Gasteiger partial charge in [0.25, 0.3) is 0 Å². The highest BCUT2D eigenvalue weighted by atomic mass is 35.5. The summed E-state index contributed by atoms with van der Waals surface area (Å²) in [6.07, 6.45) is 0.746. The fourth-order valence-corrected chi connectivity index (χ4v) is 1.30. The van der Waals surface area contributed by atoms with E-state index in [-0.39, 0.29) is 11.9 Å². The van der Waals surface area contributed by atoms with Gasteiger partial charge >= 0.3 is 5.97 Å². The highest BCUT2D eigenvalue weighted by Gasteiger charge is 2.30. The summed E-state index contributed by atoms with van der Waals surface area (Å²) in [6.45, 7) is 2.13. The van der Waals surface area contributed by atoms with Crippen molar-refractivity contribution in [3.8, 4) is 0 Å². The highest BCUT2D eigenvalue weighted by Crippen LogP contribution is 2.14. The van der Waals surface area contributed by atoms with Crippen LogP contribution in [0.5, 0.6) is 0 Å². The van der Waals surface area contributed by atoms with E-state index >= 15 is 0 Å². The summed E-state index contributed by atoms with van der Waals surface area (Å²) in [7, 11) is 1.99. The van der Waals surface area contributed by atoms with Crippen LogP contribution in [-0.4, -0.2) is 43.5 Å². The fourth-order valence-electron chi connectivity index (χ4n) is 1.19. The molecule has 1 rings (SSSR count). The van der Waals surface area contributed by atoms with Crippen molar-refractivity contribution in [1.82, 2.24) is 4.90 Å². The van der Waals surface area contributed by atoms with Gasteiger partial charge in [-0.1, -0.05) is 0 Å². The molecule has 0 amide bonds. The van der Waals surface area contributed by atoms with Crippen LogP contribution in [0.25, 0.3) is 0 Å². The van der Waals surface area contributed by atoms with E-state index in [4.69, 9.17) is 16.3 Å². The molecule has 0 atom stereocenters. The normalized spacial score (nSPS) is 18.8. The number of halogens is 1. The number of likely N-dealkylation sites (tertiary alicyclic amines) is 1. The highest BCUT2D eigenvalue weighted by molar-refractivity contribution is 6.17. The van der Waals surface area contributed by atoms with Crippen molar-refractivity contribution in [3.63, 3.8) is 0 Å². The molecule has 70 valence electrons. The van der Waals surface area contributed by atoms with Gasteiger partial charge in [-0.3, -0.25) is 4.79 Å². The van der Waals surface area contributed by atoms with Gasteiger partial charge in [-0.25, -0.2) is 0 Å². The molecule has 12 heavy (non-hydrogen) atoms. The molecule has 0 radical (unpaired) electrons. The largest absolute Gasteiger partial charge is 0.465 e. The molecule has 0 aromatic rings. The first-order chi connectivity index (χ1) is 5.74. The molecule has 0 spiro atoms. The Balaban J connectivity index is 2.04. The second-order valence-electron chi connectivity index (χ2n) is 3.13. The van der Waals surface area contributed by atoms with E-state index in [9.17, 15) is 4.79 Å². The number of nitrogens with zero attached hydrogens (tertiary/aromatic N) is 1. The van der Waals surface area contributed by atoms with Crippen molar-refractivity contribution in [2.45, 2.75) is 6.42 Å². The molecule has 1 fully saturated rings. The van der Waals surface area contributed by atoms with Crippen LogP contribution >= 0.6 is 11.6 Å². The lowest BCUT2D eigenvalue weighted by atomic mass is 10.0. The Labute approximate surface area is 77.6 Å². The van der Waals surface area contributed by atoms with Crippen molar-refractivity contribution in [1.29, 1.82) is 0 Å². The number of ether oxygens (including phenoxy) is 1. The fraction of sp³-hybridized carbons (Fsp3) is 0.875. The van der Waals surface area contributed by atoms with Gasteiger partial charge in [0, 0.05) is 19.0 Å². The summed E-state index contributed by atoms with van der Waals surface area (Å²) in [5, 5.41) is 0. The summed E-state index contributed by atoms with van der Waals surface area (Å²) in [5.74, 6) is 0.584. The predicted octanol–water partition coefficient (Wildman–Crippen LogP) is 0.720. The molecule has 0 saturated carbocycles. The molecule has 0 aromatic carbocycles. The summed E-state index contributed by atoms with van der Waals surface area (Å²) >= 11 is 5.44. The molecule has 1 aliphatic heterocycles. The van der Waals surface area contributed by atoms with Crippen LogP contribution in [0.2, 0.25) is 0 Å². The van der Waals surface area contributed by atoms with Crippen molar-refractivity contribution in [2.24, 2.45) is 5.92 Å². The number of rotatable bonds is 4. The van der Waals surface area contributed by atoms with Crippen LogP contribution in [0.15, 0.2) is 0 Å². The first-order valence-corrected chi connectivity index (χ1v) is 4.68. The van der Waals surface area contributed by atoms with E-state index in [1.807, 2.05) is 7.05 Å². The molecule has 1 heterocycles. The Bertz CT molecular complexity index is 157. The molecule has 0 bridgehead atoms. The van der Waals surface area contributed by atoms with E-state index in [2.05, 4.69) is 4.90 Å². The predicted molar refractivity (Wildman–Crippen MR) is 47.3 cm³/mol. The minimum Gasteiger partial charge on any atom is -0.465 e. The Morgan fingerprint density at radius 1 is 1.67 bits per heavy atom. The summed E-state index contributed by atoms with van der Waals surface area (Å²) < 4.78 is 4.98. The third-order valence-corrected chi connectivity index (χ3v) is 2.19. The number of esters is 1. The van der Waals surface area contributed by atoms with Crippen molar-refractivity contribution >= 4 is 17.6 Å². The topological polar surface area (TPSA) is 29.5 Å². The third-order valence-electron chi connectivity index (χ3n) is 1.92. The van der Waals surface area contributed by atoms with Crippen LogP contribution in [-0.2, 0) is 9.53 Å². The van der Waals surface area contributed by atoms with Crippen molar-refractivity contribution < 1.29 is 9.53 Å². The lowest BCUT2D eigenvalue weighted by Crippen LogP contribution is -2.48. The standard InChI is InChI=1S/C8H14ClNO2/c1-10-5-7(6-10)8(11)12-4-2-3-9/h7H,2-6H2,1H3. The zero-order chi connectivity index (χ0) is 8.97. The number of alkyl halides is 1. The molecular formula is C8H14ClNO2. The molecule has 1 aliphatic rings. The van der Waals surface area contributed by atoms with Gasteiger partial charge in [0.05, 0.1) is 12.5 Å². The van der Waals surface area contributed by atoms with Crippen molar-refractivity contribution in [3.05, 3.63) is 0 Å². The minimum absolute atomic E-state index is 0.0711. The van der Waals surface area contributed by atoms with Gasteiger partial charge in [0.2, 0.25) is 0 Å². The molecule has 4 heteroatoms. The maximum absolute atomic E-state index is 11.2. The second-order valence-corrected chi connectivity index (χ2v) is 3.51. The maximum Gasteiger partial charge on any atom is 0.311 e. The molecule has 0 aromatic heterocycles. The zero-order valence-electron chi connectivity index (χ0n) is 7.25. The molecule has 3 nitrogen and oxygen atoms in total. The molecule has 0 N–H and O–H groups in total. The lowest BCUT2D eigenvalue weighted by Gasteiger charge is -2.34. The first kappa shape index (κ1) is 9.81. The van der Waals surface area contributed by atoms with E-state index in [1.165, 1.54) is 0 Å². The van der Waals surface area contributed by atoms with Crippen molar-refractivity contribution in [2.75, 3.05) is 32.6 Å². The molecule has 1 saturated heterocycles.